The highest BCUT2D eigenvalue weighted by Gasteiger charge is 2.25. The van der Waals surface area contributed by atoms with Crippen molar-refractivity contribution in [2.75, 3.05) is 14.1 Å². The van der Waals surface area contributed by atoms with E-state index in [0.717, 1.165) is 6.42 Å². The summed E-state index contributed by atoms with van der Waals surface area (Å²) < 4.78 is 0. The average Bonchev–Trinajstić information content (AvgIpc) is 2.17. The lowest BCUT2D eigenvalue weighted by atomic mass is 10.3. The summed E-state index contributed by atoms with van der Waals surface area (Å²) in [5, 5.41) is 0. The predicted octanol–water partition coefficient (Wildman–Crippen LogP) is 1.85. The summed E-state index contributed by atoms with van der Waals surface area (Å²) in [6.07, 6.45) is 1.67. The molecule has 0 aromatic heterocycles. The molecule has 11 heavy (non-hydrogen) atoms. The molecule has 0 saturated carbocycles. The second kappa shape index (κ2) is 2.76. The molecule has 1 aliphatic heterocycles. The molecule has 0 aromatic carbocycles. The van der Waals surface area contributed by atoms with Crippen LogP contribution >= 0.6 is 0 Å². The molecule has 0 amide bonds. The first-order chi connectivity index (χ1) is 5.09. The van der Waals surface area contributed by atoms with Crippen LogP contribution in [0.25, 0.3) is 0 Å². The van der Waals surface area contributed by atoms with Crippen molar-refractivity contribution < 1.29 is 0 Å². The lowest BCUT2D eigenvalue weighted by Crippen LogP contribution is -2.32. The maximum atomic E-state index is 2.34. The number of hydrogen-bond acceptors (Lipinski definition) is 2. The van der Waals surface area contributed by atoms with Gasteiger partial charge in [-0.15, -0.1) is 0 Å². The van der Waals surface area contributed by atoms with E-state index >= 15 is 0 Å². The van der Waals surface area contributed by atoms with Crippen molar-refractivity contribution in [3.8, 4) is 0 Å². The normalized spacial score (nSPS) is 25.4. The summed E-state index contributed by atoms with van der Waals surface area (Å²) in [7, 11) is 4.32. The molecular weight excluding hydrogens is 136 g/mol. The molecule has 0 aliphatic carbocycles. The van der Waals surface area contributed by atoms with Crippen LogP contribution in [0, 0.1) is 0 Å². The Morgan fingerprint density at radius 2 is 1.82 bits per heavy atom. The van der Waals surface area contributed by atoms with Crippen LogP contribution in [0.4, 0.5) is 0 Å². The zero-order valence-corrected chi connectivity index (χ0v) is 8.18. The van der Waals surface area contributed by atoms with Crippen molar-refractivity contribution in [1.82, 2.24) is 9.80 Å². The monoisotopic (exact) mass is 154 g/mol. The van der Waals surface area contributed by atoms with E-state index < -0.39 is 0 Å². The van der Waals surface area contributed by atoms with Crippen LogP contribution in [-0.2, 0) is 0 Å². The summed E-state index contributed by atoms with van der Waals surface area (Å²) in [4.78, 5) is 4.66. The molecule has 1 rings (SSSR count). The fourth-order valence-corrected chi connectivity index (χ4v) is 1.73. The molecule has 1 atom stereocenters. The van der Waals surface area contributed by atoms with Crippen LogP contribution in [-0.4, -0.2) is 30.1 Å². The van der Waals surface area contributed by atoms with Crippen molar-refractivity contribution in [3.63, 3.8) is 0 Å². The van der Waals surface area contributed by atoms with Gasteiger partial charge in [-0.2, -0.15) is 0 Å². The molecule has 2 nitrogen and oxygen atoms in total. The van der Waals surface area contributed by atoms with E-state index in [2.05, 4.69) is 44.7 Å². The first-order valence-electron chi connectivity index (χ1n) is 4.25. The fraction of sp³-hybridized carbons (Fsp3) is 0.778. The van der Waals surface area contributed by atoms with E-state index in [1.807, 2.05) is 0 Å². The highest BCUT2D eigenvalue weighted by molar-refractivity contribution is 5.16. The standard InChI is InChI=1S/C9H18N2/c1-6-9-7(2)10(4)8(3)11(9)5/h8H,6H2,1-5H3. The van der Waals surface area contributed by atoms with E-state index in [4.69, 9.17) is 0 Å². The summed E-state index contributed by atoms with van der Waals surface area (Å²) in [5.41, 5.74) is 2.89. The highest BCUT2D eigenvalue weighted by atomic mass is 15.4. The van der Waals surface area contributed by atoms with Gasteiger partial charge in [0.1, 0.15) is 0 Å². The lowest BCUT2D eigenvalue weighted by molar-refractivity contribution is 0.207. The summed E-state index contributed by atoms with van der Waals surface area (Å²) >= 11 is 0. The van der Waals surface area contributed by atoms with Gasteiger partial charge in [0, 0.05) is 25.5 Å². The topological polar surface area (TPSA) is 6.48 Å². The predicted molar refractivity (Wildman–Crippen MR) is 48.0 cm³/mol. The van der Waals surface area contributed by atoms with Crippen LogP contribution in [0.5, 0.6) is 0 Å². The Balaban J connectivity index is 2.88. The third kappa shape index (κ3) is 1.10. The zero-order valence-electron chi connectivity index (χ0n) is 8.18. The quantitative estimate of drug-likeness (QED) is 0.568. The molecule has 1 heterocycles. The van der Waals surface area contributed by atoms with Crippen molar-refractivity contribution in [2.45, 2.75) is 33.4 Å². The van der Waals surface area contributed by atoms with Gasteiger partial charge in [-0.05, 0) is 20.3 Å². The average molecular weight is 154 g/mol. The fourth-order valence-electron chi connectivity index (χ4n) is 1.73. The molecule has 0 spiro atoms. The number of rotatable bonds is 1. The summed E-state index contributed by atoms with van der Waals surface area (Å²) in [5.74, 6) is 0. The van der Waals surface area contributed by atoms with Gasteiger partial charge in [-0.25, -0.2) is 0 Å². The van der Waals surface area contributed by atoms with Crippen LogP contribution < -0.4 is 0 Å². The van der Waals surface area contributed by atoms with Crippen molar-refractivity contribution in [3.05, 3.63) is 11.4 Å². The second-order valence-corrected chi connectivity index (χ2v) is 3.24. The van der Waals surface area contributed by atoms with E-state index in [9.17, 15) is 0 Å². The van der Waals surface area contributed by atoms with E-state index in [1.54, 1.807) is 0 Å². The Morgan fingerprint density at radius 1 is 1.27 bits per heavy atom. The summed E-state index contributed by atoms with van der Waals surface area (Å²) in [6.45, 7) is 6.63. The van der Waals surface area contributed by atoms with E-state index in [0.29, 0.717) is 6.17 Å². The summed E-state index contributed by atoms with van der Waals surface area (Å²) in [6, 6.07) is 0. The minimum atomic E-state index is 0.532. The third-order valence-corrected chi connectivity index (χ3v) is 2.83. The first kappa shape index (κ1) is 8.44. The van der Waals surface area contributed by atoms with Gasteiger partial charge in [0.25, 0.3) is 0 Å². The van der Waals surface area contributed by atoms with Gasteiger partial charge >= 0.3 is 0 Å². The van der Waals surface area contributed by atoms with Crippen molar-refractivity contribution >= 4 is 0 Å². The molecule has 1 aliphatic rings. The Hall–Kier alpha value is -0.660. The molecule has 1 unspecified atom stereocenters. The maximum absolute atomic E-state index is 2.34. The van der Waals surface area contributed by atoms with Crippen molar-refractivity contribution in [2.24, 2.45) is 0 Å². The van der Waals surface area contributed by atoms with Crippen LogP contribution in [0.1, 0.15) is 27.2 Å². The smallest absolute Gasteiger partial charge is 0.0976 e. The third-order valence-electron chi connectivity index (χ3n) is 2.83. The van der Waals surface area contributed by atoms with Crippen LogP contribution in [0.15, 0.2) is 11.4 Å². The largest absolute Gasteiger partial charge is 0.357 e. The van der Waals surface area contributed by atoms with E-state index in [-0.39, 0.29) is 0 Å². The molecule has 64 valence electrons. The molecule has 0 aromatic rings. The molecule has 0 fully saturated rings. The van der Waals surface area contributed by atoms with E-state index in [1.165, 1.54) is 11.4 Å². The minimum Gasteiger partial charge on any atom is -0.357 e. The van der Waals surface area contributed by atoms with Gasteiger partial charge in [0.2, 0.25) is 0 Å². The lowest BCUT2D eigenvalue weighted by Gasteiger charge is -2.25. The Labute approximate surface area is 69.5 Å². The van der Waals surface area contributed by atoms with Crippen LogP contribution in [0.3, 0.4) is 0 Å². The molecule has 0 N–H and O–H groups in total. The molecule has 0 radical (unpaired) electrons. The minimum absolute atomic E-state index is 0.532. The highest BCUT2D eigenvalue weighted by Crippen LogP contribution is 2.27. The molecule has 0 saturated heterocycles. The van der Waals surface area contributed by atoms with Gasteiger partial charge < -0.3 is 9.80 Å². The maximum Gasteiger partial charge on any atom is 0.0976 e. The number of hydrogen-bond donors (Lipinski definition) is 0. The van der Waals surface area contributed by atoms with Gasteiger partial charge in [0.05, 0.1) is 6.17 Å². The number of nitrogens with zero attached hydrogens (tertiary/aromatic N) is 2. The van der Waals surface area contributed by atoms with Gasteiger partial charge in [0.15, 0.2) is 0 Å². The van der Waals surface area contributed by atoms with Crippen molar-refractivity contribution in [1.29, 1.82) is 0 Å². The number of allylic oxidation sites excluding steroid dienone is 2. The molecular formula is C9H18N2. The second-order valence-electron chi connectivity index (χ2n) is 3.24. The van der Waals surface area contributed by atoms with Crippen LogP contribution in [0.2, 0.25) is 0 Å². The van der Waals surface area contributed by atoms with Gasteiger partial charge in [-0.3, -0.25) is 0 Å². The first-order valence-corrected chi connectivity index (χ1v) is 4.25. The van der Waals surface area contributed by atoms with Gasteiger partial charge in [-0.1, -0.05) is 6.92 Å². The zero-order chi connectivity index (χ0) is 8.59. The Bertz CT molecular complexity index is 184. The molecule has 2 heteroatoms. The Kier molecular flexibility index (Phi) is 2.12. The molecule has 0 bridgehead atoms. The SMILES string of the molecule is CCC1=C(C)N(C)C(C)N1C. The Morgan fingerprint density at radius 3 is 2.00 bits per heavy atom.